The summed E-state index contributed by atoms with van der Waals surface area (Å²) in [5.74, 6) is -1.10. The van der Waals surface area contributed by atoms with Gasteiger partial charge in [-0.1, -0.05) is 23.9 Å². The van der Waals surface area contributed by atoms with Crippen molar-refractivity contribution in [2.75, 3.05) is 49.1 Å². The second-order valence-corrected chi connectivity index (χ2v) is 8.90. The molecule has 4 rings (SSSR count). The molecular weight excluding hydrogens is 420 g/mol. The minimum atomic E-state index is -2.56. The lowest BCUT2D eigenvalue weighted by atomic mass is 10.1. The summed E-state index contributed by atoms with van der Waals surface area (Å²) >= 11 is 0.416. The van der Waals surface area contributed by atoms with Crippen LogP contribution in [0.1, 0.15) is 35.3 Å². The molecule has 9 heteroatoms. The first kappa shape index (κ1) is 21.8. The summed E-state index contributed by atoms with van der Waals surface area (Å²) in [6, 6.07) is 8.61. The Bertz CT molecular complexity index is 915. The molecule has 1 aromatic carbocycles. The van der Waals surface area contributed by atoms with Gasteiger partial charge in [-0.05, 0) is 38.3 Å². The normalized spacial score (nSPS) is 17.4. The molecule has 2 aliphatic rings. The van der Waals surface area contributed by atoms with E-state index in [0.717, 1.165) is 24.6 Å². The molecule has 0 atom stereocenters. The van der Waals surface area contributed by atoms with Crippen molar-refractivity contribution < 1.29 is 13.6 Å². The van der Waals surface area contributed by atoms with Gasteiger partial charge in [-0.15, -0.1) is 0 Å². The van der Waals surface area contributed by atoms with Crippen molar-refractivity contribution in [3.8, 4) is 0 Å². The Morgan fingerprint density at radius 1 is 0.968 bits per heavy atom. The van der Waals surface area contributed by atoms with Crippen LogP contribution in [-0.4, -0.2) is 65.8 Å². The number of piperidine rings is 1. The minimum Gasteiger partial charge on any atom is -0.356 e. The Morgan fingerprint density at radius 2 is 1.68 bits per heavy atom. The monoisotopic (exact) mass is 447 g/mol. The van der Waals surface area contributed by atoms with Crippen LogP contribution in [0.15, 0.2) is 35.2 Å². The number of aromatic nitrogens is 2. The number of anilines is 2. The fraction of sp³-hybridized carbons (Fsp3) is 0.500. The number of rotatable bonds is 5. The first-order valence-corrected chi connectivity index (χ1v) is 11.6. The summed E-state index contributed by atoms with van der Waals surface area (Å²) in [5.41, 5.74) is 1.27. The molecule has 1 aromatic heterocycles. The number of hydrogen-bond acceptors (Lipinski definition) is 6. The molecule has 1 amide bonds. The molecule has 2 saturated heterocycles. The van der Waals surface area contributed by atoms with Crippen LogP contribution >= 0.6 is 11.8 Å². The maximum absolute atomic E-state index is 13.0. The molecule has 0 saturated carbocycles. The summed E-state index contributed by atoms with van der Waals surface area (Å²) in [6.45, 7) is 6.25. The number of aryl methyl sites for hydroxylation is 1. The second-order valence-electron chi connectivity index (χ2n) is 7.87. The van der Waals surface area contributed by atoms with Crippen LogP contribution in [-0.2, 0) is 0 Å². The van der Waals surface area contributed by atoms with Crippen molar-refractivity contribution in [2.45, 2.75) is 36.8 Å². The quantitative estimate of drug-likeness (QED) is 0.645. The SMILES string of the molecule is Cc1cc(N2CCCCC2)nc(N2CCN(C(=O)c3ccccc3SC(F)F)CC2)n1. The van der Waals surface area contributed by atoms with Gasteiger partial charge in [-0.2, -0.15) is 13.8 Å². The van der Waals surface area contributed by atoms with Crippen molar-refractivity contribution >= 4 is 29.4 Å². The Kier molecular flexibility index (Phi) is 6.89. The van der Waals surface area contributed by atoms with Gasteiger partial charge in [-0.3, -0.25) is 4.79 Å². The zero-order chi connectivity index (χ0) is 21.8. The second kappa shape index (κ2) is 9.80. The third kappa shape index (κ3) is 5.26. The summed E-state index contributed by atoms with van der Waals surface area (Å²) in [7, 11) is 0. The molecule has 6 nitrogen and oxygen atoms in total. The molecule has 0 spiro atoms. The molecule has 0 aliphatic carbocycles. The van der Waals surface area contributed by atoms with E-state index in [0.29, 0.717) is 54.3 Å². The predicted molar refractivity (Wildman–Crippen MR) is 119 cm³/mol. The van der Waals surface area contributed by atoms with Gasteiger partial charge >= 0.3 is 0 Å². The third-order valence-electron chi connectivity index (χ3n) is 5.69. The number of nitrogens with zero attached hydrogens (tertiary/aromatic N) is 5. The molecule has 0 N–H and O–H groups in total. The van der Waals surface area contributed by atoms with E-state index >= 15 is 0 Å². The fourth-order valence-corrected chi connectivity index (χ4v) is 4.72. The lowest BCUT2D eigenvalue weighted by molar-refractivity contribution is 0.0742. The Morgan fingerprint density at radius 3 is 2.39 bits per heavy atom. The summed E-state index contributed by atoms with van der Waals surface area (Å²) in [5, 5.41) is 0. The molecule has 2 fully saturated rings. The average Bonchev–Trinajstić information content (AvgIpc) is 2.79. The highest BCUT2D eigenvalue weighted by molar-refractivity contribution is 7.99. The van der Waals surface area contributed by atoms with Crippen LogP contribution < -0.4 is 9.80 Å². The highest BCUT2D eigenvalue weighted by Gasteiger charge is 2.26. The molecule has 3 heterocycles. The number of piperazine rings is 1. The van der Waals surface area contributed by atoms with E-state index in [1.165, 1.54) is 19.3 Å². The molecule has 2 aliphatic heterocycles. The minimum absolute atomic E-state index is 0.206. The van der Waals surface area contributed by atoms with Crippen molar-refractivity contribution in [1.29, 1.82) is 0 Å². The topological polar surface area (TPSA) is 52.6 Å². The number of carbonyl (C=O) groups is 1. The van der Waals surface area contributed by atoms with Gasteiger partial charge < -0.3 is 14.7 Å². The Labute approximate surface area is 185 Å². The lowest BCUT2D eigenvalue weighted by Crippen LogP contribution is -2.49. The van der Waals surface area contributed by atoms with Crippen LogP contribution in [0.2, 0.25) is 0 Å². The van der Waals surface area contributed by atoms with Crippen molar-refractivity contribution in [1.82, 2.24) is 14.9 Å². The van der Waals surface area contributed by atoms with E-state index in [1.54, 1.807) is 29.2 Å². The van der Waals surface area contributed by atoms with Crippen molar-refractivity contribution in [3.05, 3.63) is 41.6 Å². The van der Waals surface area contributed by atoms with Gasteiger partial charge in [-0.25, -0.2) is 4.98 Å². The highest BCUT2D eigenvalue weighted by Crippen LogP contribution is 2.29. The number of halogens is 2. The van der Waals surface area contributed by atoms with Crippen molar-refractivity contribution in [2.24, 2.45) is 0 Å². The van der Waals surface area contributed by atoms with E-state index in [4.69, 9.17) is 4.98 Å². The van der Waals surface area contributed by atoms with E-state index in [9.17, 15) is 13.6 Å². The average molecular weight is 448 g/mol. The largest absolute Gasteiger partial charge is 0.356 e. The maximum Gasteiger partial charge on any atom is 0.288 e. The van der Waals surface area contributed by atoms with Gasteiger partial charge in [0.25, 0.3) is 11.7 Å². The first-order chi connectivity index (χ1) is 15.0. The zero-order valence-electron chi connectivity index (χ0n) is 17.6. The van der Waals surface area contributed by atoms with E-state index in [1.807, 2.05) is 13.0 Å². The van der Waals surface area contributed by atoms with Gasteiger partial charge in [0.1, 0.15) is 5.82 Å². The van der Waals surface area contributed by atoms with Gasteiger partial charge in [0.2, 0.25) is 5.95 Å². The van der Waals surface area contributed by atoms with Crippen LogP contribution in [0.3, 0.4) is 0 Å². The fourth-order valence-electron chi connectivity index (χ4n) is 4.08. The van der Waals surface area contributed by atoms with Crippen molar-refractivity contribution in [3.63, 3.8) is 0 Å². The lowest BCUT2D eigenvalue weighted by Gasteiger charge is -2.36. The standard InChI is InChI=1S/C22H27F2N5OS/c1-16-15-19(27-9-5-2-6-10-27)26-22(25-16)29-13-11-28(12-14-29)20(30)17-7-3-4-8-18(17)31-21(23)24/h3-4,7-8,15,21H,2,5-6,9-14H2,1H3. The van der Waals surface area contributed by atoms with E-state index in [2.05, 4.69) is 14.8 Å². The first-order valence-electron chi connectivity index (χ1n) is 10.7. The van der Waals surface area contributed by atoms with E-state index in [-0.39, 0.29) is 5.91 Å². The van der Waals surface area contributed by atoms with Gasteiger partial charge in [0.15, 0.2) is 0 Å². The van der Waals surface area contributed by atoms with Crippen LogP contribution in [0.25, 0.3) is 0 Å². The number of alkyl halides is 2. The molecule has 31 heavy (non-hydrogen) atoms. The predicted octanol–water partition coefficient (Wildman–Crippen LogP) is 4.05. The van der Waals surface area contributed by atoms with Crippen LogP contribution in [0.4, 0.5) is 20.5 Å². The Balaban J connectivity index is 1.43. The molecular formula is C22H27F2N5OS. The number of thioether (sulfide) groups is 1. The number of benzene rings is 1. The zero-order valence-corrected chi connectivity index (χ0v) is 18.5. The van der Waals surface area contributed by atoms with E-state index < -0.39 is 5.76 Å². The molecule has 0 radical (unpaired) electrons. The summed E-state index contributed by atoms with van der Waals surface area (Å²) in [6.07, 6.45) is 3.64. The molecule has 166 valence electrons. The number of carbonyl (C=O) groups excluding carboxylic acids is 1. The Hall–Kier alpha value is -2.42. The summed E-state index contributed by atoms with van der Waals surface area (Å²) < 4.78 is 25.7. The third-order valence-corrected chi connectivity index (χ3v) is 6.48. The number of amides is 1. The summed E-state index contributed by atoms with van der Waals surface area (Å²) in [4.78, 5) is 28.9. The van der Waals surface area contributed by atoms with Crippen LogP contribution in [0, 0.1) is 6.92 Å². The number of hydrogen-bond donors (Lipinski definition) is 0. The molecule has 0 unspecified atom stereocenters. The van der Waals surface area contributed by atoms with Crippen LogP contribution in [0.5, 0.6) is 0 Å². The molecule has 0 bridgehead atoms. The van der Waals surface area contributed by atoms with Gasteiger partial charge in [0.05, 0.1) is 5.56 Å². The highest BCUT2D eigenvalue weighted by atomic mass is 32.2. The maximum atomic E-state index is 13.0. The molecule has 2 aromatic rings. The smallest absolute Gasteiger partial charge is 0.288 e. The van der Waals surface area contributed by atoms with Gasteiger partial charge in [0, 0.05) is 55.9 Å².